The van der Waals surface area contributed by atoms with Gasteiger partial charge in [0.05, 0.1) is 11.8 Å². The highest BCUT2D eigenvalue weighted by molar-refractivity contribution is 8.22. The summed E-state index contributed by atoms with van der Waals surface area (Å²) in [5.41, 5.74) is 0. The predicted octanol–water partition coefficient (Wildman–Crippen LogP) is 2.09. The van der Waals surface area contributed by atoms with Crippen LogP contribution in [0.3, 0.4) is 0 Å². The van der Waals surface area contributed by atoms with Crippen molar-refractivity contribution < 1.29 is 8.42 Å². The van der Waals surface area contributed by atoms with Crippen LogP contribution >= 0.6 is 24.0 Å². The molecule has 3 nitrogen and oxygen atoms in total. The molecule has 0 aromatic rings. The second kappa shape index (κ2) is 6.61. The van der Waals surface area contributed by atoms with E-state index in [-0.39, 0.29) is 11.8 Å². The summed E-state index contributed by atoms with van der Waals surface area (Å²) in [6, 6.07) is -0.142. The van der Waals surface area contributed by atoms with E-state index >= 15 is 0 Å². The number of sulfone groups is 1. The maximum absolute atomic E-state index is 11.1. The Morgan fingerprint density at radius 3 is 2.88 bits per heavy atom. The lowest BCUT2D eigenvalue weighted by atomic mass is 10.3. The van der Waals surface area contributed by atoms with E-state index in [9.17, 15) is 8.42 Å². The van der Waals surface area contributed by atoms with E-state index in [0.717, 1.165) is 12.2 Å². The lowest BCUT2D eigenvalue weighted by Crippen LogP contribution is -2.32. The van der Waals surface area contributed by atoms with Crippen LogP contribution in [0, 0.1) is 0 Å². The van der Waals surface area contributed by atoms with Gasteiger partial charge in [-0.25, -0.2) is 8.42 Å². The second-order valence-electron chi connectivity index (χ2n) is 3.75. The zero-order chi connectivity index (χ0) is 12.0. The van der Waals surface area contributed by atoms with E-state index in [1.165, 1.54) is 18.2 Å². The number of hydrogen-bond acceptors (Lipinski definition) is 4. The van der Waals surface area contributed by atoms with Crippen molar-refractivity contribution in [2.24, 2.45) is 0 Å². The van der Waals surface area contributed by atoms with Crippen molar-refractivity contribution in [2.45, 2.75) is 32.2 Å². The Balaban J connectivity index is 2.18. The van der Waals surface area contributed by atoms with E-state index in [1.807, 2.05) is 0 Å². The lowest BCUT2D eigenvalue weighted by molar-refractivity contribution is 0.603. The number of thioether (sulfide) groups is 1. The van der Waals surface area contributed by atoms with Crippen LogP contribution in [-0.4, -0.2) is 30.3 Å². The minimum Gasteiger partial charge on any atom is -0.364 e. The monoisotopic (exact) mass is 279 g/mol. The van der Waals surface area contributed by atoms with Gasteiger partial charge >= 0.3 is 0 Å². The summed E-state index contributed by atoms with van der Waals surface area (Å²) < 4.78 is 23.0. The average molecular weight is 279 g/mol. The fourth-order valence-corrected chi connectivity index (χ4v) is 3.78. The van der Waals surface area contributed by atoms with Gasteiger partial charge in [0.1, 0.15) is 4.32 Å². The van der Waals surface area contributed by atoms with E-state index in [0.29, 0.717) is 4.32 Å². The third kappa shape index (κ3) is 5.32. The molecule has 1 N–H and O–H groups in total. The van der Waals surface area contributed by atoms with Gasteiger partial charge in [0.15, 0.2) is 9.84 Å². The van der Waals surface area contributed by atoms with Crippen molar-refractivity contribution in [3.63, 3.8) is 0 Å². The Kier molecular flexibility index (Phi) is 5.78. The van der Waals surface area contributed by atoms with Crippen LogP contribution in [-0.2, 0) is 9.84 Å². The molecule has 0 amide bonds. The first-order valence-corrected chi connectivity index (χ1v) is 8.48. The molecular formula is C10H17NO2S3. The fourth-order valence-electron chi connectivity index (χ4n) is 1.38. The third-order valence-corrected chi connectivity index (χ3v) is 4.95. The van der Waals surface area contributed by atoms with Crippen molar-refractivity contribution in [3.8, 4) is 0 Å². The smallest absolute Gasteiger partial charge is 0.173 e. The molecule has 0 aromatic heterocycles. The van der Waals surface area contributed by atoms with Gasteiger partial charge in [-0.15, -0.1) is 0 Å². The summed E-state index contributed by atoms with van der Waals surface area (Å²) in [6.07, 6.45) is 5.23. The summed E-state index contributed by atoms with van der Waals surface area (Å²) in [4.78, 5) is 0. The maximum atomic E-state index is 11.1. The Morgan fingerprint density at radius 2 is 2.31 bits per heavy atom. The van der Waals surface area contributed by atoms with Crippen molar-refractivity contribution in [3.05, 3.63) is 11.5 Å². The van der Waals surface area contributed by atoms with Crippen molar-refractivity contribution in [1.82, 2.24) is 5.32 Å². The molecule has 1 heterocycles. The van der Waals surface area contributed by atoms with Crippen molar-refractivity contribution in [2.75, 3.05) is 11.5 Å². The van der Waals surface area contributed by atoms with Gasteiger partial charge in [-0.1, -0.05) is 43.7 Å². The third-order valence-electron chi connectivity index (χ3n) is 2.21. The zero-order valence-electron chi connectivity index (χ0n) is 9.31. The normalized spacial score (nSPS) is 22.2. The summed E-state index contributed by atoms with van der Waals surface area (Å²) in [5, 5.41) is 4.30. The first-order valence-electron chi connectivity index (χ1n) is 5.38. The van der Waals surface area contributed by atoms with Gasteiger partial charge in [0, 0.05) is 11.2 Å². The SMILES string of the molecule is CCCCCSC(=S)NC1C=CS(=O)(=O)C1. The molecule has 1 rings (SSSR count). The molecule has 0 aliphatic carbocycles. The van der Waals surface area contributed by atoms with Gasteiger partial charge in [-0.3, -0.25) is 0 Å². The molecule has 0 radical (unpaired) electrons. The van der Waals surface area contributed by atoms with Gasteiger partial charge < -0.3 is 5.32 Å². The predicted molar refractivity (Wildman–Crippen MR) is 74.4 cm³/mol. The Labute approximate surface area is 107 Å². The van der Waals surface area contributed by atoms with Crippen LogP contribution < -0.4 is 5.32 Å². The first kappa shape index (κ1) is 14.0. The minimum atomic E-state index is -2.98. The molecule has 6 heteroatoms. The Hall–Kier alpha value is -0.0700. The van der Waals surface area contributed by atoms with Gasteiger partial charge in [-0.05, 0) is 12.5 Å². The van der Waals surface area contributed by atoms with Gasteiger partial charge in [0.2, 0.25) is 0 Å². The topological polar surface area (TPSA) is 46.2 Å². The standard InChI is InChI=1S/C10H17NO2S3/c1-2-3-4-6-15-10(14)11-9-5-7-16(12,13)8-9/h5,7,9H,2-4,6,8H2,1H3,(H,11,14). The highest BCUT2D eigenvalue weighted by Gasteiger charge is 2.21. The average Bonchev–Trinajstić information content (AvgIpc) is 2.53. The molecule has 0 spiro atoms. The summed E-state index contributed by atoms with van der Waals surface area (Å²) >= 11 is 6.73. The molecule has 1 atom stereocenters. The molecular weight excluding hydrogens is 262 g/mol. The molecule has 1 aliphatic rings. The zero-order valence-corrected chi connectivity index (χ0v) is 11.8. The highest BCUT2D eigenvalue weighted by Crippen LogP contribution is 2.12. The second-order valence-corrected chi connectivity index (χ2v) is 7.45. The molecule has 16 heavy (non-hydrogen) atoms. The summed E-state index contributed by atoms with van der Waals surface area (Å²) in [7, 11) is -2.98. The largest absolute Gasteiger partial charge is 0.364 e. The molecule has 1 aliphatic heterocycles. The molecule has 0 bridgehead atoms. The maximum Gasteiger partial charge on any atom is 0.173 e. The Bertz CT molecular complexity index is 362. The van der Waals surface area contributed by atoms with Gasteiger partial charge in [0.25, 0.3) is 0 Å². The number of unbranched alkanes of at least 4 members (excludes halogenated alkanes) is 2. The molecule has 0 aromatic carbocycles. The molecule has 92 valence electrons. The molecule has 0 saturated carbocycles. The molecule has 0 fully saturated rings. The quantitative estimate of drug-likeness (QED) is 0.617. The first-order chi connectivity index (χ1) is 7.53. The van der Waals surface area contributed by atoms with Gasteiger partial charge in [-0.2, -0.15) is 0 Å². The summed E-state index contributed by atoms with van der Waals surface area (Å²) in [6.45, 7) is 2.16. The highest BCUT2D eigenvalue weighted by atomic mass is 32.2. The fraction of sp³-hybridized carbons (Fsp3) is 0.700. The van der Waals surface area contributed by atoms with E-state index in [4.69, 9.17) is 12.2 Å². The van der Waals surface area contributed by atoms with Crippen molar-refractivity contribution >= 4 is 38.1 Å². The van der Waals surface area contributed by atoms with E-state index in [1.54, 1.807) is 17.8 Å². The summed E-state index contributed by atoms with van der Waals surface area (Å²) in [5.74, 6) is 1.13. The van der Waals surface area contributed by atoms with Crippen LogP contribution in [0.5, 0.6) is 0 Å². The van der Waals surface area contributed by atoms with Crippen LogP contribution in [0.4, 0.5) is 0 Å². The van der Waals surface area contributed by atoms with Crippen LogP contribution in [0.15, 0.2) is 11.5 Å². The minimum absolute atomic E-state index is 0.128. The Morgan fingerprint density at radius 1 is 1.56 bits per heavy atom. The number of hydrogen-bond donors (Lipinski definition) is 1. The van der Waals surface area contributed by atoms with Crippen LogP contribution in [0.1, 0.15) is 26.2 Å². The molecule has 0 saturated heterocycles. The van der Waals surface area contributed by atoms with Crippen molar-refractivity contribution in [1.29, 1.82) is 0 Å². The molecule has 1 unspecified atom stereocenters. The van der Waals surface area contributed by atoms with Crippen LogP contribution in [0.25, 0.3) is 0 Å². The lowest BCUT2D eigenvalue weighted by Gasteiger charge is -2.11. The van der Waals surface area contributed by atoms with E-state index < -0.39 is 9.84 Å². The van der Waals surface area contributed by atoms with E-state index in [2.05, 4.69) is 12.2 Å². The van der Waals surface area contributed by atoms with Crippen LogP contribution in [0.2, 0.25) is 0 Å². The number of nitrogens with one attached hydrogen (secondary N) is 1. The number of thiocarbonyl (C=S) groups is 1. The number of rotatable bonds is 5.